The molecule has 66 valence electrons. The summed E-state index contributed by atoms with van der Waals surface area (Å²) < 4.78 is 3.94. The van der Waals surface area contributed by atoms with Crippen molar-refractivity contribution in [2.24, 2.45) is 5.92 Å². The van der Waals surface area contributed by atoms with Gasteiger partial charge in [0.05, 0.1) is 0 Å². The third-order valence-electron chi connectivity index (χ3n) is 2.11. The highest BCUT2D eigenvalue weighted by Crippen LogP contribution is 2.34. The van der Waals surface area contributed by atoms with Gasteiger partial charge in [0.1, 0.15) is 6.33 Å². The van der Waals surface area contributed by atoms with Crippen LogP contribution in [0, 0.1) is 5.92 Å². The zero-order valence-corrected chi connectivity index (χ0v) is 7.97. The van der Waals surface area contributed by atoms with Gasteiger partial charge in [0.2, 0.25) is 5.13 Å². The van der Waals surface area contributed by atoms with Crippen LogP contribution in [0.1, 0.15) is 26.2 Å². The standard InChI is InChI=1S/C8H13N3S/c1-6(4-7-2-3-7)11-8-9-5-10-12-8/h5-7H,2-4H2,1H3,(H,9,10,11). The smallest absolute Gasteiger partial charge is 0.202 e. The third-order valence-corrected chi connectivity index (χ3v) is 2.71. The molecule has 2 rings (SSSR count). The average molecular weight is 183 g/mol. The van der Waals surface area contributed by atoms with E-state index in [1.165, 1.54) is 30.8 Å². The number of nitrogens with zero attached hydrogens (tertiary/aromatic N) is 2. The van der Waals surface area contributed by atoms with E-state index < -0.39 is 0 Å². The molecule has 0 aliphatic heterocycles. The minimum absolute atomic E-state index is 0.547. The lowest BCUT2D eigenvalue weighted by atomic mass is 10.2. The summed E-state index contributed by atoms with van der Waals surface area (Å²) in [6, 6.07) is 0.547. The quantitative estimate of drug-likeness (QED) is 0.777. The maximum atomic E-state index is 4.08. The Labute approximate surface area is 76.4 Å². The molecule has 1 unspecified atom stereocenters. The second-order valence-electron chi connectivity index (χ2n) is 3.47. The fourth-order valence-corrected chi connectivity index (χ4v) is 1.90. The monoisotopic (exact) mass is 183 g/mol. The largest absolute Gasteiger partial charge is 0.358 e. The van der Waals surface area contributed by atoms with Crippen molar-refractivity contribution < 1.29 is 0 Å². The molecule has 3 nitrogen and oxygen atoms in total. The molecule has 1 atom stereocenters. The van der Waals surface area contributed by atoms with E-state index >= 15 is 0 Å². The lowest BCUT2D eigenvalue weighted by Crippen LogP contribution is -2.15. The molecule has 0 bridgehead atoms. The van der Waals surface area contributed by atoms with Crippen LogP contribution in [0.15, 0.2) is 6.33 Å². The molecule has 0 aromatic carbocycles. The molecule has 1 aromatic rings. The summed E-state index contributed by atoms with van der Waals surface area (Å²) in [5.41, 5.74) is 0. The normalized spacial score (nSPS) is 19.1. The van der Waals surface area contributed by atoms with Gasteiger partial charge in [-0.1, -0.05) is 12.8 Å². The topological polar surface area (TPSA) is 37.8 Å². The molecule has 0 spiro atoms. The van der Waals surface area contributed by atoms with Crippen LogP contribution < -0.4 is 5.32 Å². The van der Waals surface area contributed by atoms with E-state index in [4.69, 9.17) is 0 Å². The van der Waals surface area contributed by atoms with Gasteiger partial charge in [-0.25, -0.2) is 4.98 Å². The Morgan fingerprint density at radius 2 is 2.58 bits per heavy atom. The first kappa shape index (κ1) is 7.98. The summed E-state index contributed by atoms with van der Waals surface area (Å²) in [6.07, 6.45) is 5.71. The Hall–Kier alpha value is -0.640. The molecule has 0 radical (unpaired) electrons. The van der Waals surface area contributed by atoms with Crippen LogP contribution in [0.2, 0.25) is 0 Å². The third kappa shape index (κ3) is 2.17. The van der Waals surface area contributed by atoms with Gasteiger partial charge in [0.15, 0.2) is 0 Å². The Balaban J connectivity index is 1.77. The number of nitrogens with one attached hydrogen (secondary N) is 1. The van der Waals surface area contributed by atoms with Crippen LogP contribution in [-0.2, 0) is 0 Å². The first-order valence-corrected chi connectivity index (χ1v) is 5.15. The van der Waals surface area contributed by atoms with Crippen molar-refractivity contribution in [2.75, 3.05) is 5.32 Å². The van der Waals surface area contributed by atoms with Crippen LogP contribution in [-0.4, -0.2) is 15.4 Å². The maximum Gasteiger partial charge on any atom is 0.202 e. The van der Waals surface area contributed by atoms with Crippen molar-refractivity contribution in [1.29, 1.82) is 0 Å². The van der Waals surface area contributed by atoms with E-state index in [0.717, 1.165) is 11.0 Å². The van der Waals surface area contributed by atoms with E-state index in [9.17, 15) is 0 Å². The van der Waals surface area contributed by atoms with E-state index in [1.807, 2.05) is 0 Å². The fraction of sp³-hybridized carbons (Fsp3) is 0.750. The summed E-state index contributed by atoms with van der Waals surface area (Å²) >= 11 is 1.43. The molecule has 1 N–H and O–H groups in total. The van der Waals surface area contributed by atoms with E-state index in [-0.39, 0.29) is 0 Å². The van der Waals surface area contributed by atoms with Gasteiger partial charge in [-0.15, -0.1) is 0 Å². The minimum atomic E-state index is 0.547. The van der Waals surface area contributed by atoms with Crippen molar-refractivity contribution in [2.45, 2.75) is 32.2 Å². The Kier molecular flexibility index (Phi) is 2.26. The molecular formula is C8H13N3S. The molecule has 1 saturated carbocycles. The van der Waals surface area contributed by atoms with Gasteiger partial charge >= 0.3 is 0 Å². The summed E-state index contributed by atoms with van der Waals surface area (Å²) in [5.74, 6) is 0.973. The predicted octanol–water partition coefficient (Wildman–Crippen LogP) is 2.14. The number of aromatic nitrogens is 2. The van der Waals surface area contributed by atoms with Crippen molar-refractivity contribution in [3.63, 3.8) is 0 Å². The van der Waals surface area contributed by atoms with Crippen molar-refractivity contribution in [3.8, 4) is 0 Å². The first-order chi connectivity index (χ1) is 5.84. The van der Waals surface area contributed by atoms with Crippen molar-refractivity contribution in [3.05, 3.63) is 6.33 Å². The van der Waals surface area contributed by atoms with Gasteiger partial charge in [-0.2, -0.15) is 4.37 Å². The zero-order valence-electron chi connectivity index (χ0n) is 7.16. The number of anilines is 1. The van der Waals surface area contributed by atoms with Gasteiger partial charge < -0.3 is 5.32 Å². The Morgan fingerprint density at radius 1 is 1.75 bits per heavy atom. The van der Waals surface area contributed by atoms with Crippen LogP contribution in [0.5, 0.6) is 0 Å². The lowest BCUT2D eigenvalue weighted by Gasteiger charge is -2.10. The second kappa shape index (κ2) is 3.39. The summed E-state index contributed by atoms with van der Waals surface area (Å²) in [4.78, 5) is 4.08. The maximum absolute atomic E-state index is 4.08. The Morgan fingerprint density at radius 3 is 3.17 bits per heavy atom. The average Bonchev–Trinajstić information content (AvgIpc) is 2.66. The molecule has 1 aliphatic carbocycles. The molecule has 4 heteroatoms. The van der Waals surface area contributed by atoms with E-state index in [1.54, 1.807) is 6.33 Å². The van der Waals surface area contributed by atoms with Crippen LogP contribution in [0.25, 0.3) is 0 Å². The molecule has 12 heavy (non-hydrogen) atoms. The highest BCUT2D eigenvalue weighted by molar-refractivity contribution is 7.09. The number of rotatable bonds is 4. The van der Waals surface area contributed by atoms with Gasteiger partial charge in [-0.05, 0) is 19.3 Å². The van der Waals surface area contributed by atoms with Crippen LogP contribution in [0.3, 0.4) is 0 Å². The zero-order chi connectivity index (χ0) is 8.39. The van der Waals surface area contributed by atoms with Crippen molar-refractivity contribution >= 4 is 16.7 Å². The summed E-state index contributed by atoms with van der Waals surface area (Å²) in [6.45, 7) is 2.21. The molecule has 0 amide bonds. The molecule has 1 heterocycles. The van der Waals surface area contributed by atoms with Gasteiger partial charge in [0, 0.05) is 17.6 Å². The SMILES string of the molecule is CC(CC1CC1)Nc1ncns1. The van der Waals surface area contributed by atoms with Crippen molar-refractivity contribution in [1.82, 2.24) is 9.36 Å². The van der Waals surface area contributed by atoms with E-state index in [0.29, 0.717) is 6.04 Å². The fourth-order valence-electron chi connectivity index (χ4n) is 1.36. The van der Waals surface area contributed by atoms with Crippen LogP contribution in [0.4, 0.5) is 5.13 Å². The first-order valence-electron chi connectivity index (χ1n) is 4.38. The van der Waals surface area contributed by atoms with Crippen LogP contribution >= 0.6 is 11.5 Å². The number of hydrogen-bond acceptors (Lipinski definition) is 4. The highest BCUT2D eigenvalue weighted by atomic mass is 32.1. The van der Waals surface area contributed by atoms with Gasteiger partial charge in [-0.3, -0.25) is 0 Å². The van der Waals surface area contributed by atoms with E-state index in [2.05, 4.69) is 21.6 Å². The lowest BCUT2D eigenvalue weighted by molar-refractivity contribution is 0.642. The summed E-state index contributed by atoms with van der Waals surface area (Å²) in [7, 11) is 0. The minimum Gasteiger partial charge on any atom is -0.358 e. The highest BCUT2D eigenvalue weighted by Gasteiger charge is 2.23. The molecular weight excluding hydrogens is 170 g/mol. The molecule has 1 aromatic heterocycles. The van der Waals surface area contributed by atoms with Gasteiger partial charge in [0.25, 0.3) is 0 Å². The predicted molar refractivity (Wildman–Crippen MR) is 50.3 cm³/mol. The molecule has 1 aliphatic rings. The second-order valence-corrected chi connectivity index (χ2v) is 4.25. The molecule has 1 fully saturated rings. The molecule has 0 saturated heterocycles. The Bertz CT molecular complexity index is 230. The summed E-state index contributed by atoms with van der Waals surface area (Å²) in [5, 5.41) is 4.29. The number of hydrogen-bond donors (Lipinski definition) is 1.